The van der Waals surface area contributed by atoms with Gasteiger partial charge in [-0.25, -0.2) is 4.39 Å². The highest BCUT2D eigenvalue weighted by Crippen LogP contribution is 2.28. The average molecular weight is 260 g/mol. The van der Waals surface area contributed by atoms with Crippen molar-refractivity contribution in [2.45, 2.75) is 19.4 Å². The Morgan fingerprint density at radius 3 is 2.59 bits per heavy atom. The third-order valence-corrected chi connectivity index (χ3v) is 2.72. The number of ether oxygens (including phenoxy) is 1. The second-order valence-corrected chi connectivity index (χ2v) is 4.32. The maximum Gasteiger partial charge on any atom is 0.123 e. The maximum absolute atomic E-state index is 12.6. The standard InChI is InChI=1S/C13H18FNO.ClH/c14-13-5-3-11(4-6-13)9-15-7-8-16-10-12-1-2-12;/h3-6,12,15H,1-2,7-10H2;1H. The van der Waals surface area contributed by atoms with E-state index in [4.69, 9.17) is 4.74 Å². The van der Waals surface area contributed by atoms with Gasteiger partial charge < -0.3 is 10.1 Å². The van der Waals surface area contributed by atoms with Gasteiger partial charge in [0.25, 0.3) is 0 Å². The molecule has 0 aliphatic heterocycles. The van der Waals surface area contributed by atoms with E-state index in [-0.39, 0.29) is 18.2 Å². The smallest absolute Gasteiger partial charge is 0.123 e. The Bertz CT molecular complexity index is 314. The zero-order valence-electron chi connectivity index (χ0n) is 9.82. The van der Waals surface area contributed by atoms with Gasteiger partial charge in [-0.1, -0.05) is 12.1 Å². The van der Waals surface area contributed by atoms with Crippen molar-refractivity contribution in [2.75, 3.05) is 19.8 Å². The zero-order valence-corrected chi connectivity index (χ0v) is 10.6. The van der Waals surface area contributed by atoms with E-state index in [1.165, 1.54) is 25.0 Å². The number of hydrogen-bond acceptors (Lipinski definition) is 2. The van der Waals surface area contributed by atoms with Crippen molar-refractivity contribution >= 4 is 12.4 Å². The number of hydrogen-bond donors (Lipinski definition) is 1. The van der Waals surface area contributed by atoms with E-state index in [0.717, 1.165) is 37.8 Å². The fourth-order valence-corrected chi connectivity index (χ4v) is 1.51. The number of rotatable bonds is 7. The van der Waals surface area contributed by atoms with Crippen LogP contribution in [0.2, 0.25) is 0 Å². The molecule has 0 amide bonds. The third-order valence-electron chi connectivity index (χ3n) is 2.72. The summed E-state index contributed by atoms with van der Waals surface area (Å²) in [6.45, 7) is 3.30. The minimum Gasteiger partial charge on any atom is -0.380 e. The van der Waals surface area contributed by atoms with E-state index in [0.29, 0.717) is 0 Å². The molecule has 0 atom stereocenters. The lowest BCUT2D eigenvalue weighted by Crippen LogP contribution is -2.19. The topological polar surface area (TPSA) is 21.3 Å². The van der Waals surface area contributed by atoms with Crippen molar-refractivity contribution < 1.29 is 9.13 Å². The van der Waals surface area contributed by atoms with Crippen LogP contribution >= 0.6 is 12.4 Å². The summed E-state index contributed by atoms with van der Waals surface area (Å²) in [5.41, 5.74) is 1.10. The summed E-state index contributed by atoms with van der Waals surface area (Å²) in [5, 5.41) is 3.27. The van der Waals surface area contributed by atoms with E-state index in [1.54, 1.807) is 12.1 Å². The largest absolute Gasteiger partial charge is 0.380 e. The van der Waals surface area contributed by atoms with Crippen molar-refractivity contribution in [2.24, 2.45) is 5.92 Å². The molecule has 2 nitrogen and oxygen atoms in total. The van der Waals surface area contributed by atoms with Crippen LogP contribution in [-0.2, 0) is 11.3 Å². The Hall–Kier alpha value is -0.640. The lowest BCUT2D eigenvalue weighted by atomic mass is 10.2. The van der Waals surface area contributed by atoms with Crippen molar-refractivity contribution in [3.05, 3.63) is 35.6 Å². The SMILES string of the molecule is Cl.Fc1ccc(CNCCOCC2CC2)cc1. The third kappa shape index (κ3) is 6.01. The van der Waals surface area contributed by atoms with Crippen molar-refractivity contribution in [3.63, 3.8) is 0 Å². The number of nitrogens with one attached hydrogen (secondary N) is 1. The average Bonchev–Trinajstić information content (AvgIpc) is 3.10. The molecule has 2 rings (SSSR count). The van der Waals surface area contributed by atoms with Gasteiger partial charge in [-0.15, -0.1) is 12.4 Å². The monoisotopic (exact) mass is 259 g/mol. The summed E-state index contributed by atoms with van der Waals surface area (Å²) in [7, 11) is 0. The highest BCUT2D eigenvalue weighted by molar-refractivity contribution is 5.85. The fourth-order valence-electron chi connectivity index (χ4n) is 1.51. The quantitative estimate of drug-likeness (QED) is 0.761. The van der Waals surface area contributed by atoms with E-state index in [2.05, 4.69) is 5.32 Å². The van der Waals surface area contributed by atoms with Crippen LogP contribution in [0.25, 0.3) is 0 Å². The Morgan fingerprint density at radius 1 is 1.24 bits per heavy atom. The molecule has 0 saturated heterocycles. The van der Waals surface area contributed by atoms with Gasteiger partial charge in [-0.2, -0.15) is 0 Å². The summed E-state index contributed by atoms with van der Waals surface area (Å²) in [4.78, 5) is 0. The van der Waals surface area contributed by atoms with Crippen LogP contribution in [0.15, 0.2) is 24.3 Å². The van der Waals surface area contributed by atoms with Crippen molar-refractivity contribution in [1.82, 2.24) is 5.32 Å². The molecule has 1 fully saturated rings. The van der Waals surface area contributed by atoms with Gasteiger partial charge in [0.1, 0.15) is 5.82 Å². The molecule has 96 valence electrons. The van der Waals surface area contributed by atoms with E-state index >= 15 is 0 Å². The predicted molar refractivity (Wildman–Crippen MR) is 68.9 cm³/mol. The summed E-state index contributed by atoms with van der Waals surface area (Å²) in [6.07, 6.45) is 2.67. The molecule has 0 radical (unpaired) electrons. The fraction of sp³-hybridized carbons (Fsp3) is 0.538. The van der Waals surface area contributed by atoms with Crippen LogP contribution in [0.3, 0.4) is 0 Å². The molecule has 1 aromatic carbocycles. The molecular formula is C13H19ClFNO. The van der Waals surface area contributed by atoms with Gasteiger partial charge in [0.2, 0.25) is 0 Å². The van der Waals surface area contributed by atoms with Crippen LogP contribution in [0, 0.1) is 11.7 Å². The van der Waals surface area contributed by atoms with Crippen LogP contribution < -0.4 is 5.32 Å². The minimum atomic E-state index is -0.184. The molecule has 1 aliphatic carbocycles. The summed E-state index contributed by atoms with van der Waals surface area (Å²) < 4.78 is 18.1. The lowest BCUT2D eigenvalue weighted by molar-refractivity contribution is 0.126. The van der Waals surface area contributed by atoms with Crippen LogP contribution in [0.5, 0.6) is 0 Å². The molecule has 1 aliphatic rings. The van der Waals surface area contributed by atoms with E-state index < -0.39 is 0 Å². The zero-order chi connectivity index (χ0) is 11.2. The molecule has 0 bridgehead atoms. The van der Waals surface area contributed by atoms with Crippen LogP contribution in [0.1, 0.15) is 18.4 Å². The van der Waals surface area contributed by atoms with E-state index in [9.17, 15) is 4.39 Å². The minimum absolute atomic E-state index is 0. The van der Waals surface area contributed by atoms with Crippen LogP contribution in [-0.4, -0.2) is 19.8 Å². The van der Waals surface area contributed by atoms with Gasteiger partial charge in [0, 0.05) is 19.7 Å². The molecular weight excluding hydrogens is 241 g/mol. The molecule has 1 saturated carbocycles. The van der Waals surface area contributed by atoms with Gasteiger partial charge >= 0.3 is 0 Å². The predicted octanol–water partition coefficient (Wildman–Crippen LogP) is 2.76. The Labute approximate surface area is 108 Å². The van der Waals surface area contributed by atoms with Gasteiger partial charge in [-0.3, -0.25) is 0 Å². The Kier molecular flexibility index (Phi) is 6.48. The van der Waals surface area contributed by atoms with Crippen molar-refractivity contribution in [3.8, 4) is 0 Å². The molecule has 0 heterocycles. The van der Waals surface area contributed by atoms with Gasteiger partial charge in [-0.05, 0) is 36.5 Å². The summed E-state index contributed by atoms with van der Waals surface area (Å²) >= 11 is 0. The highest BCUT2D eigenvalue weighted by Gasteiger charge is 2.20. The Balaban J connectivity index is 0.00000144. The second kappa shape index (κ2) is 7.64. The first-order valence-electron chi connectivity index (χ1n) is 5.87. The maximum atomic E-state index is 12.6. The molecule has 1 aromatic rings. The first kappa shape index (κ1) is 14.4. The summed E-state index contributed by atoms with van der Waals surface area (Å²) in [6, 6.07) is 6.57. The number of benzene rings is 1. The first-order valence-corrected chi connectivity index (χ1v) is 5.87. The van der Waals surface area contributed by atoms with Gasteiger partial charge in [0.15, 0.2) is 0 Å². The molecule has 4 heteroatoms. The molecule has 0 unspecified atom stereocenters. The van der Waals surface area contributed by atoms with Gasteiger partial charge in [0.05, 0.1) is 6.61 Å². The summed E-state index contributed by atoms with van der Waals surface area (Å²) in [5.74, 6) is 0.647. The Morgan fingerprint density at radius 2 is 1.94 bits per heavy atom. The number of halogens is 2. The normalized spacial score (nSPS) is 14.4. The molecule has 1 N–H and O–H groups in total. The molecule has 0 spiro atoms. The molecule has 17 heavy (non-hydrogen) atoms. The second-order valence-electron chi connectivity index (χ2n) is 4.32. The molecule has 0 aromatic heterocycles. The first-order chi connectivity index (χ1) is 7.84. The lowest BCUT2D eigenvalue weighted by Gasteiger charge is -2.05. The highest BCUT2D eigenvalue weighted by atomic mass is 35.5. The van der Waals surface area contributed by atoms with E-state index in [1.807, 2.05) is 0 Å². The van der Waals surface area contributed by atoms with Crippen molar-refractivity contribution in [1.29, 1.82) is 0 Å². The van der Waals surface area contributed by atoms with Crippen LogP contribution in [0.4, 0.5) is 4.39 Å².